The number of phenols is 1. The van der Waals surface area contributed by atoms with Crippen LogP contribution in [-0.4, -0.2) is 15.1 Å². The number of aromatic nitrogens is 2. The van der Waals surface area contributed by atoms with Gasteiger partial charge in [-0.2, -0.15) is 0 Å². The summed E-state index contributed by atoms with van der Waals surface area (Å²) in [5.41, 5.74) is 3.41. The van der Waals surface area contributed by atoms with Crippen molar-refractivity contribution in [3.05, 3.63) is 72.8 Å². The number of aromatic hydroxyl groups is 1. The van der Waals surface area contributed by atoms with Gasteiger partial charge in [0, 0.05) is 27.2 Å². The van der Waals surface area contributed by atoms with E-state index in [0.29, 0.717) is 0 Å². The molecule has 0 aliphatic carbocycles. The SMILES string of the molecule is Oc1c(-c2ccc3c(n2)[nH]c2ccccc23)ccc2ccccc12. The summed E-state index contributed by atoms with van der Waals surface area (Å²) in [5.74, 6) is 0.274. The third kappa shape index (κ3) is 1.82. The van der Waals surface area contributed by atoms with Gasteiger partial charge >= 0.3 is 0 Å². The van der Waals surface area contributed by atoms with Crippen LogP contribution in [-0.2, 0) is 0 Å². The Labute approximate surface area is 138 Å². The molecule has 0 aliphatic rings. The first kappa shape index (κ1) is 13.1. The second-order valence-corrected chi connectivity index (χ2v) is 5.95. The largest absolute Gasteiger partial charge is 0.507 e. The minimum Gasteiger partial charge on any atom is -0.507 e. The Kier molecular flexibility index (Phi) is 2.65. The molecule has 5 aromatic rings. The maximum atomic E-state index is 10.7. The predicted octanol–water partition coefficient (Wildman–Crippen LogP) is 5.24. The van der Waals surface area contributed by atoms with E-state index in [1.807, 2.05) is 60.7 Å². The molecule has 114 valence electrons. The van der Waals surface area contributed by atoms with Gasteiger partial charge in [0.05, 0.1) is 5.69 Å². The number of hydrogen-bond donors (Lipinski definition) is 2. The molecule has 0 fully saturated rings. The average molecular weight is 310 g/mol. The molecule has 0 saturated heterocycles. The first-order valence-electron chi connectivity index (χ1n) is 7.90. The summed E-state index contributed by atoms with van der Waals surface area (Å²) in [7, 11) is 0. The molecule has 2 N–H and O–H groups in total. The fourth-order valence-corrected chi connectivity index (χ4v) is 3.34. The second-order valence-electron chi connectivity index (χ2n) is 5.95. The molecule has 0 radical (unpaired) electrons. The molecular weight excluding hydrogens is 296 g/mol. The molecule has 0 aliphatic heterocycles. The highest BCUT2D eigenvalue weighted by molar-refractivity contribution is 6.06. The lowest BCUT2D eigenvalue weighted by Gasteiger charge is -2.07. The van der Waals surface area contributed by atoms with Gasteiger partial charge in [0.1, 0.15) is 11.4 Å². The van der Waals surface area contributed by atoms with Crippen molar-refractivity contribution in [3.63, 3.8) is 0 Å². The highest BCUT2D eigenvalue weighted by Gasteiger charge is 2.11. The number of nitrogens with one attached hydrogen (secondary N) is 1. The van der Waals surface area contributed by atoms with Gasteiger partial charge in [-0.05, 0) is 29.7 Å². The zero-order valence-corrected chi connectivity index (χ0v) is 12.8. The van der Waals surface area contributed by atoms with Crippen molar-refractivity contribution in [2.45, 2.75) is 0 Å². The number of nitrogens with zero attached hydrogens (tertiary/aromatic N) is 1. The Balaban J connectivity index is 1.77. The summed E-state index contributed by atoms with van der Waals surface area (Å²) in [6.07, 6.45) is 0. The molecule has 0 bridgehead atoms. The van der Waals surface area contributed by atoms with E-state index in [9.17, 15) is 5.11 Å². The molecule has 0 saturated carbocycles. The topological polar surface area (TPSA) is 48.9 Å². The number of phenolic OH excluding ortho intramolecular Hbond substituents is 1. The molecule has 3 aromatic carbocycles. The number of rotatable bonds is 1. The minimum absolute atomic E-state index is 0.274. The van der Waals surface area contributed by atoms with E-state index >= 15 is 0 Å². The van der Waals surface area contributed by atoms with Gasteiger partial charge in [-0.1, -0.05) is 48.5 Å². The minimum atomic E-state index is 0.274. The van der Waals surface area contributed by atoms with Crippen LogP contribution >= 0.6 is 0 Å². The summed E-state index contributed by atoms with van der Waals surface area (Å²) in [5, 5.41) is 14.8. The van der Waals surface area contributed by atoms with Gasteiger partial charge in [0.15, 0.2) is 0 Å². The van der Waals surface area contributed by atoms with Crippen LogP contribution in [0.2, 0.25) is 0 Å². The van der Waals surface area contributed by atoms with Gasteiger partial charge in [-0.15, -0.1) is 0 Å². The molecule has 3 nitrogen and oxygen atoms in total. The zero-order chi connectivity index (χ0) is 16.1. The van der Waals surface area contributed by atoms with Gasteiger partial charge in [0.25, 0.3) is 0 Å². The number of hydrogen-bond acceptors (Lipinski definition) is 2. The predicted molar refractivity (Wildman–Crippen MR) is 98.2 cm³/mol. The lowest BCUT2D eigenvalue weighted by atomic mass is 10.0. The lowest BCUT2D eigenvalue weighted by Crippen LogP contribution is -1.86. The highest BCUT2D eigenvalue weighted by atomic mass is 16.3. The number of fused-ring (bicyclic) bond motifs is 4. The van der Waals surface area contributed by atoms with Crippen molar-refractivity contribution < 1.29 is 5.11 Å². The fourth-order valence-electron chi connectivity index (χ4n) is 3.34. The smallest absolute Gasteiger partial charge is 0.139 e. The molecule has 0 spiro atoms. The van der Waals surface area contributed by atoms with E-state index < -0.39 is 0 Å². The molecule has 2 heterocycles. The molecular formula is C21H14N2O. The van der Waals surface area contributed by atoms with Crippen LogP contribution < -0.4 is 0 Å². The third-order valence-corrected chi connectivity index (χ3v) is 4.54. The van der Waals surface area contributed by atoms with Crippen LogP contribution in [0, 0.1) is 0 Å². The molecule has 0 amide bonds. The van der Waals surface area contributed by atoms with E-state index in [0.717, 1.165) is 44.0 Å². The molecule has 0 atom stereocenters. The van der Waals surface area contributed by atoms with Crippen molar-refractivity contribution >= 4 is 32.7 Å². The van der Waals surface area contributed by atoms with Crippen molar-refractivity contribution in [1.82, 2.24) is 9.97 Å². The molecule has 5 rings (SSSR count). The van der Waals surface area contributed by atoms with Crippen LogP contribution in [0.5, 0.6) is 5.75 Å². The summed E-state index contributed by atoms with van der Waals surface area (Å²) in [6, 6.07) is 24.0. The lowest BCUT2D eigenvalue weighted by molar-refractivity contribution is 0.483. The maximum Gasteiger partial charge on any atom is 0.139 e. The van der Waals surface area contributed by atoms with Crippen LogP contribution in [0.1, 0.15) is 0 Å². The fraction of sp³-hybridized carbons (Fsp3) is 0. The third-order valence-electron chi connectivity index (χ3n) is 4.54. The van der Waals surface area contributed by atoms with Crippen molar-refractivity contribution in [1.29, 1.82) is 0 Å². The summed E-state index contributed by atoms with van der Waals surface area (Å²) in [4.78, 5) is 8.09. The van der Waals surface area contributed by atoms with E-state index in [1.165, 1.54) is 0 Å². The average Bonchev–Trinajstić information content (AvgIpc) is 3.00. The summed E-state index contributed by atoms with van der Waals surface area (Å²) in [6.45, 7) is 0. The first-order valence-corrected chi connectivity index (χ1v) is 7.90. The first-order chi connectivity index (χ1) is 11.8. The Morgan fingerprint density at radius 1 is 0.708 bits per heavy atom. The van der Waals surface area contributed by atoms with Gasteiger partial charge in [0.2, 0.25) is 0 Å². The number of aromatic amines is 1. The molecule has 3 heteroatoms. The van der Waals surface area contributed by atoms with Crippen molar-refractivity contribution in [3.8, 4) is 17.0 Å². The molecule has 2 aromatic heterocycles. The molecule has 0 unspecified atom stereocenters. The van der Waals surface area contributed by atoms with Gasteiger partial charge < -0.3 is 10.1 Å². The van der Waals surface area contributed by atoms with Crippen molar-refractivity contribution in [2.75, 3.05) is 0 Å². The Morgan fingerprint density at radius 3 is 2.42 bits per heavy atom. The highest BCUT2D eigenvalue weighted by Crippen LogP contribution is 2.36. The molecule has 24 heavy (non-hydrogen) atoms. The second kappa shape index (κ2) is 4.83. The van der Waals surface area contributed by atoms with E-state index in [-0.39, 0.29) is 5.75 Å². The van der Waals surface area contributed by atoms with Crippen LogP contribution in [0.4, 0.5) is 0 Å². The maximum absolute atomic E-state index is 10.7. The Hall–Kier alpha value is -3.33. The van der Waals surface area contributed by atoms with Gasteiger partial charge in [-0.25, -0.2) is 4.98 Å². The monoisotopic (exact) mass is 310 g/mol. The standard InChI is InChI=1S/C21H14N2O/c24-20-14-6-2-1-5-13(14)9-10-17(20)19-12-11-16-15-7-3-4-8-18(15)22-21(16)23-19/h1-12,24H,(H,22,23). The van der Waals surface area contributed by atoms with Crippen molar-refractivity contribution in [2.24, 2.45) is 0 Å². The Bertz CT molecular complexity index is 1220. The van der Waals surface area contributed by atoms with Crippen LogP contribution in [0.3, 0.4) is 0 Å². The van der Waals surface area contributed by atoms with E-state index in [4.69, 9.17) is 4.98 Å². The number of H-pyrrole nitrogens is 1. The van der Waals surface area contributed by atoms with Crippen LogP contribution in [0.25, 0.3) is 44.0 Å². The summed E-state index contributed by atoms with van der Waals surface area (Å²) < 4.78 is 0. The number of pyridine rings is 1. The van der Waals surface area contributed by atoms with Gasteiger partial charge in [-0.3, -0.25) is 0 Å². The van der Waals surface area contributed by atoms with E-state index in [2.05, 4.69) is 17.1 Å². The number of para-hydroxylation sites is 1. The van der Waals surface area contributed by atoms with E-state index in [1.54, 1.807) is 0 Å². The van der Waals surface area contributed by atoms with Crippen LogP contribution in [0.15, 0.2) is 72.8 Å². The zero-order valence-electron chi connectivity index (χ0n) is 12.8. The quantitative estimate of drug-likeness (QED) is 0.445. The summed E-state index contributed by atoms with van der Waals surface area (Å²) >= 11 is 0. The normalized spacial score (nSPS) is 11.5. The number of benzene rings is 3. The Morgan fingerprint density at radius 2 is 1.50 bits per heavy atom.